The largest absolute Gasteiger partial charge is 0.481 e. The van der Waals surface area contributed by atoms with E-state index in [2.05, 4.69) is 15.9 Å². The molecule has 1 aromatic carbocycles. The van der Waals surface area contributed by atoms with Gasteiger partial charge in [-0.15, -0.1) is 11.8 Å². The van der Waals surface area contributed by atoms with Gasteiger partial charge in [-0.2, -0.15) is 0 Å². The lowest BCUT2D eigenvalue weighted by Gasteiger charge is -2.06. The summed E-state index contributed by atoms with van der Waals surface area (Å²) in [7, 11) is 0. The molecular weight excluding hydrogens is 283 g/mol. The zero-order valence-corrected chi connectivity index (χ0v) is 10.4. The van der Waals surface area contributed by atoms with Crippen LogP contribution >= 0.6 is 27.7 Å². The summed E-state index contributed by atoms with van der Waals surface area (Å²) in [6.45, 7) is 1.60. The van der Waals surface area contributed by atoms with Gasteiger partial charge in [-0.3, -0.25) is 4.79 Å². The Morgan fingerprint density at radius 3 is 2.93 bits per heavy atom. The molecule has 1 N–H and O–H groups in total. The summed E-state index contributed by atoms with van der Waals surface area (Å²) in [4.78, 5) is 11.0. The van der Waals surface area contributed by atoms with E-state index in [9.17, 15) is 9.18 Å². The Hall–Kier alpha value is -0.550. The van der Waals surface area contributed by atoms with Crippen LogP contribution in [-0.4, -0.2) is 16.8 Å². The number of rotatable bonds is 4. The van der Waals surface area contributed by atoms with Crippen LogP contribution in [0.25, 0.3) is 0 Å². The summed E-state index contributed by atoms with van der Waals surface area (Å²) in [6, 6.07) is 4.62. The Morgan fingerprint density at radius 2 is 2.33 bits per heavy atom. The van der Waals surface area contributed by atoms with E-state index in [4.69, 9.17) is 5.11 Å². The summed E-state index contributed by atoms with van der Waals surface area (Å²) in [5.41, 5.74) is 0. The highest BCUT2D eigenvalue weighted by Crippen LogP contribution is 2.26. The SMILES string of the molecule is CC(CSc1cc(Br)ccc1F)C(=O)O. The van der Waals surface area contributed by atoms with Crippen LogP contribution in [0, 0.1) is 11.7 Å². The molecule has 0 spiro atoms. The second kappa shape index (κ2) is 5.51. The lowest BCUT2D eigenvalue weighted by Crippen LogP contribution is -2.11. The average molecular weight is 293 g/mol. The molecule has 82 valence electrons. The fraction of sp³-hybridized carbons (Fsp3) is 0.300. The lowest BCUT2D eigenvalue weighted by molar-refractivity contribution is -0.140. The van der Waals surface area contributed by atoms with Crippen LogP contribution in [0.1, 0.15) is 6.92 Å². The maximum atomic E-state index is 13.2. The van der Waals surface area contributed by atoms with Crippen molar-refractivity contribution in [2.45, 2.75) is 11.8 Å². The van der Waals surface area contributed by atoms with Crippen molar-refractivity contribution in [1.29, 1.82) is 0 Å². The number of thioether (sulfide) groups is 1. The van der Waals surface area contributed by atoms with Crippen molar-refractivity contribution in [2.24, 2.45) is 5.92 Å². The van der Waals surface area contributed by atoms with Crippen LogP contribution in [0.5, 0.6) is 0 Å². The van der Waals surface area contributed by atoms with E-state index in [-0.39, 0.29) is 5.82 Å². The van der Waals surface area contributed by atoms with Crippen LogP contribution in [0.2, 0.25) is 0 Å². The second-order valence-electron chi connectivity index (χ2n) is 3.13. The molecule has 0 radical (unpaired) electrons. The normalized spacial score (nSPS) is 12.5. The number of hydrogen-bond acceptors (Lipinski definition) is 2. The third-order valence-corrected chi connectivity index (χ3v) is 3.59. The summed E-state index contributed by atoms with van der Waals surface area (Å²) < 4.78 is 14.0. The molecule has 0 aliphatic heterocycles. The van der Waals surface area contributed by atoms with Gasteiger partial charge in [0.05, 0.1) is 5.92 Å². The molecule has 0 amide bonds. The molecule has 1 rings (SSSR count). The summed E-state index contributed by atoms with van der Waals surface area (Å²) >= 11 is 4.45. The van der Waals surface area contributed by atoms with E-state index in [1.54, 1.807) is 19.1 Å². The zero-order chi connectivity index (χ0) is 11.4. The minimum Gasteiger partial charge on any atom is -0.481 e. The molecule has 0 heterocycles. The Balaban J connectivity index is 2.65. The number of aliphatic carboxylic acids is 1. The van der Waals surface area contributed by atoms with Gasteiger partial charge in [-0.25, -0.2) is 4.39 Å². The molecule has 15 heavy (non-hydrogen) atoms. The van der Waals surface area contributed by atoms with Crippen molar-refractivity contribution in [3.05, 3.63) is 28.5 Å². The minimum atomic E-state index is -0.863. The maximum Gasteiger partial charge on any atom is 0.307 e. The van der Waals surface area contributed by atoms with Crippen LogP contribution < -0.4 is 0 Å². The van der Waals surface area contributed by atoms with Crippen molar-refractivity contribution in [3.63, 3.8) is 0 Å². The fourth-order valence-corrected chi connectivity index (χ4v) is 2.37. The molecular formula is C10H10BrFO2S. The highest BCUT2D eigenvalue weighted by Gasteiger charge is 2.12. The van der Waals surface area contributed by atoms with Gasteiger partial charge in [0.2, 0.25) is 0 Å². The van der Waals surface area contributed by atoms with Gasteiger partial charge in [0.25, 0.3) is 0 Å². The standard InChI is InChI=1S/C10H10BrFO2S/c1-6(10(13)14)5-15-9-4-7(11)2-3-8(9)12/h2-4,6H,5H2,1H3,(H,13,14). The van der Waals surface area contributed by atoms with Crippen molar-refractivity contribution in [1.82, 2.24) is 0 Å². The number of carboxylic acid groups (broad SMARTS) is 1. The number of carboxylic acids is 1. The smallest absolute Gasteiger partial charge is 0.307 e. The van der Waals surface area contributed by atoms with E-state index < -0.39 is 11.9 Å². The third kappa shape index (κ3) is 3.83. The molecule has 1 unspecified atom stereocenters. The topological polar surface area (TPSA) is 37.3 Å². The Labute approximate surface area is 100 Å². The lowest BCUT2D eigenvalue weighted by atomic mass is 10.2. The molecule has 1 aromatic rings. The predicted molar refractivity (Wildman–Crippen MR) is 61.6 cm³/mol. The monoisotopic (exact) mass is 292 g/mol. The molecule has 0 bridgehead atoms. The molecule has 0 aliphatic rings. The maximum absolute atomic E-state index is 13.2. The van der Waals surface area contributed by atoms with E-state index in [0.717, 1.165) is 4.47 Å². The molecule has 1 atom stereocenters. The number of halogens is 2. The fourth-order valence-electron chi connectivity index (χ4n) is 0.874. The van der Waals surface area contributed by atoms with Crippen molar-refractivity contribution >= 4 is 33.7 Å². The van der Waals surface area contributed by atoms with Crippen LogP contribution in [0.3, 0.4) is 0 Å². The Bertz CT molecular complexity index is 370. The van der Waals surface area contributed by atoms with Gasteiger partial charge in [0.15, 0.2) is 0 Å². The van der Waals surface area contributed by atoms with E-state index in [1.807, 2.05) is 0 Å². The van der Waals surface area contributed by atoms with E-state index >= 15 is 0 Å². The van der Waals surface area contributed by atoms with Gasteiger partial charge < -0.3 is 5.11 Å². The number of carbonyl (C=O) groups is 1. The summed E-state index contributed by atoms with van der Waals surface area (Å²) in [5.74, 6) is -1.30. The number of benzene rings is 1. The highest BCUT2D eigenvalue weighted by atomic mass is 79.9. The first-order valence-corrected chi connectivity index (χ1v) is 6.09. The predicted octanol–water partition coefficient (Wildman–Crippen LogP) is 3.40. The van der Waals surface area contributed by atoms with Gasteiger partial charge >= 0.3 is 5.97 Å². The quantitative estimate of drug-likeness (QED) is 0.864. The summed E-state index contributed by atoms with van der Waals surface area (Å²) in [6.07, 6.45) is 0. The highest BCUT2D eigenvalue weighted by molar-refractivity contribution is 9.10. The summed E-state index contributed by atoms with van der Waals surface area (Å²) in [5, 5.41) is 8.67. The first-order valence-electron chi connectivity index (χ1n) is 4.31. The minimum absolute atomic E-state index is 0.319. The Kier molecular flexibility index (Phi) is 4.60. The van der Waals surface area contributed by atoms with Crippen LogP contribution in [0.15, 0.2) is 27.6 Å². The molecule has 5 heteroatoms. The van der Waals surface area contributed by atoms with Crippen molar-refractivity contribution in [2.75, 3.05) is 5.75 Å². The van der Waals surface area contributed by atoms with Gasteiger partial charge in [0.1, 0.15) is 5.82 Å². The molecule has 0 saturated heterocycles. The van der Waals surface area contributed by atoms with E-state index in [1.165, 1.54) is 17.8 Å². The van der Waals surface area contributed by atoms with Gasteiger partial charge in [0, 0.05) is 15.1 Å². The van der Waals surface area contributed by atoms with Gasteiger partial charge in [-0.05, 0) is 18.2 Å². The molecule has 0 fully saturated rings. The third-order valence-electron chi connectivity index (χ3n) is 1.80. The van der Waals surface area contributed by atoms with Crippen molar-refractivity contribution in [3.8, 4) is 0 Å². The second-order valence-corrected chi connectivity index (χ2v) is 5.10. The zero-order valence-electron chi connectivity index (χ0n) is 8.04. The Morgan fingerprint density at radius 1 is 1.67 bits per heavy atom. The molecule has 2 nitrogen and oxygen atoms in total. The number of hydrogen-bond donors (Lipinski definition) is 1. The average Bonchev–Trinajstić information content (AvgIpc) is 2.18. The van der Waals surface area contributed by atoms with Gasteiger partial charge in [-0.1, -0.05) is 22.9 Å². The molecule has 0 aromatic heterocycles. The molecule has 0 saturated carbocycles. The van der Waals surface area contributed by atoms with Crippen LogP contribution in [-0.2, 0) is 4.79 Å². The first kappa shape index (κ1) is 12.5. The first-order chi connectivity index (χ1) is 7.00. The van der Waals surface area contributed by atoms with Crippen molar-refractivity contribution < 1.29 is 14.3 Å². The van der Waals surface area contributed by atoms with E-state index in [0.29, 0.717) is 10.6 Å². The van der Waals surface area contributed by atoms with Crippen LogP contribution in [0.4, 0.5) is 4.39 Å². The molecule has 0 aliphatic carbocycles.